The van der Waals surface area contributed by atoms with Gasteiger partial charge >= 0.3 is 0 Å². The lowest BCUT2D eigenvalue weighted by Crippen LogP contribution is -2.35. The van der Waals surface area contributed by atoms with Crippen LogP contribution < -0.4 is 5.32 Å². The van der Waals surface area contributed by atoms with Gasteiger partial charge in [0.05, 0.1) is 12.0 Å². The molecule has 1 saturated carbocycles. The highest BCUT2D eigenvalue weighted by molar-refractivity contribution is 5.98. The molecule has 4 nitrogen and oxygen atoms in total. The largest absolute Gasteiger partial charge is 0.352 e. The van der Waals surface area contributed by atoms with Crippen molar-refractivity contribution in [2.45, 2.75) is 52.0 Å². The van der Waals surface area contributed by atoms with Gasteiger partial charge in [-0.25, -0.2) is 4.98 Å². The number of aromatic nitrogens is 2. The first-order valence-corrected chi connectivity index (χ1v) is 8.14. The van der Waals surface area contributed by atoms with Crippen molar-refractivity contribution in [1.82, 2.24) is 14.9 Å². The Morgan fingerprint density at radius 1 is 1.24 bits per heavy atom. The normalized spacial score (nSPS) is 32.2. The summed E-state index contributed by atoms with van der Waals surface area (Å²) in [5.41, 5.74) is 1.77. The van der Waals surface area contributed by atoms with Gasteiger partial charge in [-0.05, 0) is 50.0 Å². The van der Waals surface area contributed by atoms with Crippen molar-refractivity contribution >= 4 is 12.0 Å². The summed E-state index contributed by atoms with van der Waals surface area (Å²) in [5.74, 6) is 1.43. The van der Waals surface area contributed by atoms with Gasteiger partial charge in [0.2, 0.25) is 5.91 Å². The number of imidazole rings is 1. The number of carbonyl (C=O) groups is 1. The third-order valence-electron chi connectivity index (χ3n) is 4.82. The van der Waals surface area contributed by atoms with E-state index in [1.165, 1.54) is 25.7 Å². The second-order valence-corrected chi connectivity index (χ2v) is 6.85. The maximum absolute atomic E-state index is 11.9. The van der Waals surface area contributed by atoms with E-state index in [9.17, 15) is 4.79 Å². The first-order valence-electron chi connectivity index (χ1n) is 8.14. The summed E-state index contributed by atoms with van der Waals surface area (Å²) in [6.45, 7) is 5.28. The van der Waals surface area contributed by atoms with Crippen LogP contribution in [0.3, 0.4) is 0 Å². The van der Waals surface area contributed by atoms with E-state index >= 15 is 0 Å². The molecule has 2 fully saturated rings. The Kier molecular flexibility index (Phi) is 4.13. The van der Waals surface area contributed by atoms with Crippen LogP contribution in [-0.2, 0) is 4.79 Å². The third kappa shape index (κ3) is 3.36. The molecule has 1 aliphatic carbocycles. The molecule has 2 aliphatic rings. The van der Waals surface area contributed by atoms with Crippen LogP contribution in [0.4, 0.5) is 0 Å². The Morgan fingerprint density at radius 3 is 2.76 bits per heavy atom. The number of nitrogens with zero attached hydrogens (tertiary/aromatic N) is 2. The summed E-state index contributed by atoms with van der Waals surface area (Å²) in [7, 11) is 0. The van der Waals surface area contributed by atoms with Crippen LogP contribution in [0.1, 0.15) is 57.7 Å². The van der Waals surface area contributed by atoms with Crippen molar-refractivity contribution in [2.24, 2.45) is 11.8 Å². The fourth-order valence-corrected chi connectivity index (χ4v) is 3.39. The minimum atomic E-state index is 0.0640. The van der Waals surface area contributed by atoms with Crippen LogP contribution in [0.5, 0.6) is 0 Å². The Bertz CT molecular complexity index is 538. The van der Waals surface area contributed by atoms with E-state index in [2.05, 4.69) is 34.9 Å². The summed E-state index contributed by atoms with van der Waals surface area (Å²) >= 11 is 0. The molecule has 21 heavy (non-hydrogen) atoms. The molecular weight excluding hydrogens is 262 g/mol. The minimum absolute atomic E-state index is 0.0640. The second kappa shape index (κ2) is 6.04. The molecule has 1 atom stereocenters. The van der Waals surface area contributed by atoms with Crippen LogP contribution in [0.15, 0.2) is 18.1 Å². The quantitative estimate of drug-likeness (QED) is 0.849. The molecule has 114 valence electrons. The number of hydrogen-bond donors (Lipinski definition) is 1. The average molecular weight is 287 g/mol. The van der Waals surface area contributed by atoms with Crippen LogP contribution in [0.2, 0.25) is 0 Å². The molecule has 1 saturated heterocycles. The number of hydrogen-bond acceptors (Lipinski definition) is 2. The smallest absolute Gasteiger partial charge is 0.247 e. The lowest BCUT2D eigenvalue weighted by Gasteiger charge is -2.26. The molecule has 0 radical (unpaired) electrons. The highest BCUT2D eigenvalue weighted by Crippen LogP contribution is 2.32. The van der Waals surface area contributed by atoms with Crippen molar-refractivity contribution in [1.29, 1.82) is 0 Å². The molecule has 1 aliphatic heterocycles. The third-order valence-corrected chi connectivity index (χ3v) is 4.82. The van der Waals surface area contributed by atoms with Crippen LogP contribution in [-0.4, -0.2) is 22.0 Å². The number of piperidine rings is 1. The van der Waals surface area contributed by atoms with Crippen molar-refractivity contribution in [2.75, 3.05) is 6.54 Å². The molecule has 2 heterocycles. The van der Waals surface area contributed by atoms with E-state index < -0.39 is 0 Å². The fourth-order valence-electron chi connectivity index (χ4n) is 3.39. The number of amides is 1. The molecule has 3 rings (SSSR count). The standard InChI is InChI=1S/C17H25N3O/c1-12-3-5-16(6-4-12)20-10-15(19-11-20)8-14-7-13(2)9-18-17(14)21/h8,10-13,16H,3-7,9H2,1-2H3,(H,18,21)/t12-,13-,16-/m0/s1. The lowest BCUT2D eigenvalue weighted by molar-refractivity contribution is -0.118. The van der Waals surface area contributed by atoms with Gasteiger partial charge in [0.15, 0.2) is 0 Å². The van der Waals surface area contributed by atoms with E-state index in [1.807, 2.05) is 12.4 Å². The van der Waals surface area contributed by atoms with E-state index in [0.29, 0.717) is 12.0 Å². The molecule has 1 amide bonds. The van der Waals surface area contributed by atoms with Crippen molar-refractivity contribution < 1.29 is 4.79 Å². The first-order chi connectivity index (χ1) is 10.1. The SMILES string of the molecule is C[C@@H]1CNC(=O)C(=Cc2cn([C@H]3CC[C@H](C)CC3)cn2)C1. The van der Waals surface area contributed by atoms with Crippen molar-refractivity contribution in [3.63, 3.8) is 0 Å². The van der Waals surface area contributed by atoms with E-state index in [4.69, 9.17) is 0 Å². The minimum Gasteiger partial charge on any atom is -0.352 e. The Balaban J connectivity index is 1.71. The fraction of sp³-hybridized carbons (Fsp3) is 0.647. The Labute approximate surface area is 126 Å². The van der Waals surface area contributed by atoms with Gasteiger partial charge in [-0.1, -0.05) is 13.8 Å². The Hall–Kier alpha value is -1.58. The molecule has 1 N–H and O–H groups in total. The zero-order valence-electron chi connectivity index (χ0n) is 13.0. The molecular formula is C17H25N3O. The van der Waals surface area contributed by atoms with Gasteiger partial charge in [-0.15, -0.1) is 0 Å². The van der Waals surface area contributed by atoms with Gasteiger partial charge < -0.3 is 9.88 Å². The lowest BCUT2D eigenvalue weighted by atomic mass is 9.87. The molecule has 1 aromatic heterocycles. The molecule has 0 aromatic carbocycles. The Morgan fingerprint density at radius 2 is 2.00 bits per heavy atom. The average Bonchev–Trinajstić information content (AvgIpc) is 2.92. The highest BCUT2D eigenvalue weighted by atomic mass is 16.1. The monoisotopic (exact) mass is 287 g/mol. The van der Waals surface area contributed by atoms with Gasteiger partial charge in [0, 0.05) is 24.4 Å². The van der Waals surface area contributed by atoms with E-state index in [0.717, 1.165) is 30.2 Å². The number of rotatable bonds is 2. The molecule has 0 unspecified atom stereocenters. The molecule has 1 aromatic rings. The summed E-state index contributed by atoms with van der Waals surface area (Å²) in [6, 6.07) is 0.583. The summed E-state index contributed by atoms with van der Waals surface area (Å²) < 4.78 is 2.24. The van der Waals surface area contributed by atoms with Crippen LogP contribution in [0, 0.1) is 11.8 Å². The van der Waals surface area contributed by atoms with Gasteiger partial charge in [0.25, 0.3) is 0 Å². The van der Waals surface area contributed by atoms with E-state index in [-0.39, 0.29) is 5.91 Å². The van der Waals surface area contributed by atoms with Gasteiger partial charge in [0.1, 0.15) is 0 Å². The van der Waals surface area contributed by atoms with Crippen molar-refractivity contribution in [3.8, 4) is 0 Å². The first kappa shape index (κ1) is 14.4. The predicted molar refractivity (Wildman–Crippen MR) is 83.7 cm³/mol. The maximum atomic E-state index is 11.9. The van der Waals surface area contributed by atoms with Gasteiger partial charge in [-0.3, -0.25) is 4.79 Å². The van der Waals surface area contributed by atoms with Crippen LogP contribution in [0.25, 0.3) is 6.08 Å². The van der Waals surface area contributed by atoms with Crippen molar-refractivity contribution in [3.05, 3.63) is 23.8 Å². The predicted octanol–water partition coefficient (Wildman–Crippen LogP) is 3.17. The zero-order valence-corrected chi connectivity index (χ0v) is 13.0. The van der Waals surface area contributed by atoms with Gasteiger partial charge in [-0.2, -0.15) is 0 Å². The second-order valence-electron chi connectivity index (χ2n) is 6.85. The topological polar surface area (TPSA) is 46.9 Å². The van der Waals surface area contributed by atoms with Crippen LogP contribution >= 0.6 is 0 Å². The van der Waals surface area contributed by atoms with E-state index in [1.54, 1.807) is 0 Å². The molecule has 4 heteroatoms. The maximum Gasteiger partial charge on any atom is 0.247 e. The molecule has 0 bridgehead atoms. The number of carbonyl (C=O) groups excluding carboxylic acids is 1. The summed E-state index contributed by atoms with van der Waals surface area (Å²) in [4.78, 5) is 16.3. The summed E-state index contributed by atoms with van der Waals surface area (Å²) in [5, 5.41) is 2.94. The number of nitrogens with one attached hydrogen (secondary N) is 1. The molecule has 0 spiro atoms. The highest BCUT2D eigenvalue weighted by Gasteiger charge is 2.21. The zero-order chi connectivity index (χ0) is 14.8. The summed E-state index contributed by atoms with van der Waals surface area (Å²) in [6.07, 6.45) is 11.9.